The molecule has 0 aliphatic heterocycles. The predicted octanol–water partition coefficient (Wildman–Crippen LogP) is 2.42. The molecule has 0 aliphatic rings. The van der Waals surface area contributed by atoms with Gasteiger partial charge in [0.2, 0.25) is 10.0 Å². The number of nitrogens with zero attached hydrogens (tertiary/aromatic N) is 1. The van der Waals surface area contributed by atoms with Gasteiger partial charge >= 0.3 is 6.09 Å². The third-order valence-corrected chi connectivity index (χ3v) is 4.63. The van der Waals surface area contributed by atoms with Crippen LogP contribution in [0.4, 0.5) is 10.5 Å². The monoisotopic (exact) mass is 387 g/mol. The maximum atomic E-state index is 12.3. The Hall–Kier alpha value is -2.20. The number of amides is 1. The molecule has 0 fully saturated rings. The summed E-state index contributed by atoms with van der Waals surface area (Å²) in [5, 5.41) is 13.2. The number of benzene rings is 1. The molecule has 1 amide bonds. The second kappa shape index (κ2) is 8.00. The average molecular weight is 387 g/mol. The first-order chi connectivity index (χ1) is 11.7. The van der Waals surface area contributed by atoms with Crippen LogP contribution >= 0.6 is 0 Å². The molecule has 0 saturated carbocycles. The summed E-state index contributed by atoms with van der Waals surface area (Å²) in [6.07, 6.45) is -0.580. The van der Waals surface area contributed by atoms with Gasteiger partial charge in [-0.2, -0.15) is 0 Å². The largest absolute Gasteiger partial charge is 0.444 e. The maximum absolute atomic E-state index is 12.3. The van der Waals surface area contributed by atoms with Gasteiger partial charge in [0.25, 0.3) is 5.69 Å². The zero-order valence-corrected chi connectivity index (χ0v) is 16.3. The van der Waals surface area contributed by atoms with Gasteiger partial charge < -0.3 is 10.1 Å². The second-order valence-corrected chi connectivity index (χ2v) is 9.36. The Kier molecular flexibility index (Phi) is 6.72. The van der Waals surface area contributed by atoms with E-state index >= 15 is 0 Å². The molecule has 0 radical (unpaired) electrons. The maximum Gasteiger partial charge on any atom is 0.407 e. The number of carbonyl (C=O) groups is 1. The molecule has 10 heteroatoms. The van der Waals surface area contributed by atoms with E-state index < -0.39 is 32.1 Å². The quantitative estimate of drug-likeness (QED) is 0.546. The van der Waals surface area contributed by atoms with Crippen molar-refractivity contribution < 1.29 is 22.9 Å². The van der Waals surface area contributed by atoms with E-state index in [-0.39, 0.29) is 23.7 Å². The number of non-ortho nitro benzene ring substituents is 1. The average Bonchev–Trinajstić information content (AvgIpc) is 2.50. The fourth-order valence-electron chi connectivity index (χ4n) is 1.81. The van der Waals surface area contributed by atoms with Crippen LogP contribution in [0.2, 0.25) is 0 Å². The lowest BCUT2D eigenvalue weighted by atomic mass is 9.94. The van der Waals surface area contributed by atoms with Crippen LogP contribution in [0, 0.1) is 15.5 Å². The van der Waals surface area contributed by atoms with Gasteiger partial charge in [-0.3, -0.25) is 10.1 Å². The van der Waals surface area contributed by atoms with E-state index in [2.05, 4.69) is 10.0 Å². The molecule has 26 heavy (non-hydrogen) atoms. The standard InChI is InChI=1S/C16H25N3O6S/c1-15(2,3)25-14(20)17-10-16(4,5)11-18-26(23,24)13-8-6-12(7-9-13)19(21)22/h6-9,18H,10-11H2,1-5H3,(H,17,20). The van der Waals surface area contributed by atoms with Gasteiger partial charge in [0, 0.05) is 25.2 Å². The zero-order chi connectivity index (χ0) is 20.2. The van der Waals surface area contributed by atoms with Crippen LogP contribution in [-0.2, 0) is 14.8 Å². The number of ether oxygens (including phenoxy) is 1. The van der Waals surface area contributed by atoms with Crippen molar-refractivity contribution in [2.24, 2.45) is 5.41 Å². The molecule has 9 nitrogen and oxygen atoms in total. The molecule has 1 rings (SSSR count). The SMILES string of the molecule is CC(C)(CNC(=O)OC(C)(C)C)CNS(=O)(=O)c1ccc([N+](=O)[O-])cc1. The number of nitro benzene ring substituents is 1. The Morgan fingerprint density at radius 3 is 2.12 bits per heavy atom. The van der Waals surface area contributed by atoms with Crippen LogP contribution in [0.25, 0.3) is 0 Å². The minimum absolute atomic E-state index is 0.0577. The number of hydrogen-bond acceptors (Lipinski definition) is 6. The first-order valence-electron chi connectivity index (χ1n) is 7.93. The van der Waals surface area contributed by atoms with Crippen LogP contribution in [0.15, 0.2) is 29.2 Å². The first kappa shape index (κ1) is 21.8. The molecule has 2 N–H and O–H groups in total. The Morgan fingerprint density at radius 1 is 1.12 bits per heavy atom. The van der Waals surface area contributed by atoms with Crippen molar-refractivity contribution in [2.75, 3.05) is 13.1 Å². The van der Waals surface area contributed by atoms with Crippen molar-refractivity contribution in [3.63, 3.8) is 0 Å². The van der Waals surface area contributed by atoms with E-state index in [0.29, 0.717) is 0 Å². The van der Waals surface area contributed by atoms with Gasteiger partial charge in [0.1, 0.15) is 5.60 Å². The lowest BCUT2D eigenvalue weighted by Crippen LogP contribution is -2.43. The van der Waals surface area contributed by atoms with Gasteiger partial charge in [0.05, 0.1) is 9.82 Å². The summed E-state index contributed by atoms with van der Waals surface area (Å²) in [6.45, 7) is 9.06. The van der Waals surface area contributed by atoms with E-state index in [0.717, 1.165) is 12.1 Å². The van der Waals surface area contributed by atoms with E-state index in [4.69, 9.17) is 4.74 Å². The molecule has 0 unspecified atom stereocenters. The fourth-order valence-corrected chi connectivity index (χ4v) is 3.05. The lowest BCUT2D eigenvalue weighted by molar-refractivity contribution is -0.384. The Balaban J connectivity index is 2.64. The van der Waals surface area contributed by atoms with Crippen molar-refractivity contribution in [2.45, 2.75) is 45.1 Å². The summed E-state index contributed by atoms with van der Waals surface area (Å²) in [7, 11) is -3.82. The summed E-state index contributed by atoms with van der Waals surface area (Å²) >= 11 is 0. The molecule has 0 atom stereocenters. The van der Waals surface area contributed by atoms with Crippen molar-refractivity contribution in [3.05, 3.63) is 34.4 Å². The van der Waals surface area contributed by atoms with Gasteiger partial charge in [-0.05, 0) is 38.3 Å². The normalized spacial score (nSPS) is 12.5. The van der Waals surface area contributed by atoms with Crippen molar-refractivity contribution in [1.82, 2.24) is 10.0 Å². The van der Waals surface area contributed by atoms with Gasteiger partial charge in [0.15, 0.2) is 0 Å². The highest BCUT2D eigenvalue weighted by Crippen LogP contribution is 2.18. The number of rotatable bonds is 7. The summed E-state index contributed by atoms with van der Waals surface area (Å²) in [4.78, 5) is 21.6. The van der Waals surface area contributed by atoms with Gasteiger partial charge in [-0.1, -0.05) is 13.8 Å². The van der Waals surface area contributed by atoms with E-state index in [1.54, 1.807) is 34.6 Å². The lowest BCUT2D eigenvalue weighted by Gasteiger charge is -2.26. The Morgan fingerprint density at radius 2 is 1.65 bits per heavy atom. The van der Waals surface area contributed by atoms with Crippen LogP contribution in [0.1, 0.15) is 34.6 Å². The smallest absolute Gasteiger partial charge is 0.407 e. The van der Waals surface area contributed by atoms with E-state index in [1.807, 2.05) is 0 Å². The Bertz CT molecular complexity index is 751. The van der Waals surface area contributed by atoms with Crippen molar-refractivity contribution in [1.29, 1.82) is 0 Å². The first-order valence-corrected chi connectivity index (χ1v) is 9.41. The number of nitro groups is 1. The number of hydrogen-bond donors (Lipinski definition) is 2. The molecule has 1 aromatic rings. The molecule has 0 aliphatic carbocycles. The molecule has 0 heterocycles. The highest BCUT2D eigenvalue weighted by Gasteiger charge is 2.25. The highest BCUT2D eigenvalue weighted by atomic mass is 32.2. The van der Waals surface area contributed by atoms with Crippen LogP contribution in [-0.4, -0.2) is 38.1 Å². The zero-order valence-electron chi connectivity index (χ0n) is 15.5. The third kappa shape index (κ3) is 7.36. The van der Waals surface area contributed by atoms with Crippen molar-refractivity contribution in [3.8, 4) is 0 Å². The summed E-state index contributed by atoms with van der Waals surface area (Å²) in [5.74, 6) is 0. The number of sulfonamides is 1. The van der Waals surface area contributed by atoms with Crippen LogP contribution in [0.5, 0.6) is 0 Å². The van der Waals surface area contributed by atoms with Gasteiger partial charge in [-0.25, -0.2) is 17.9 Å². The second-order valence-electron chi connectivity index (χ2n) is 7.60. The van der Waals surface area contributed by atoms with Crippen LogP contribution < -0.4 is 10.0 Å². The molecular weight excluding hydrogens is 362 g/mol. The Labute approximate surface area is 153 Å². The highest BCUT2D eigenvalue weighted by molar-refractivity contribution is 7.89. The summed E-state index contributed by atoms with van der Waals surface area (Å²) in [6, 6.07) is 4.60. The minimum Gasteiger partial charge on any atom is -0.444 e. The number of nitrogens with one attached hydrogen (secondary N) is 2. The molecule has 146 valence electrons. The van der Waals surface area contributed by atoms with Gasteiger partial charge in [-0.15, -0.1) is 0 Å². The third-order valence-electron chi connectivity index (χ3n) is 3.21. The topological polar surface area (TPSA) is 128 Å². The predicted molar refractivity (Wildman–Crippen MR) is 96.3 cm³/mol. The molecule has 1 aromatic carbocycles. The number of carbonyl (C=O) groups excluding carboxylic acids is 1. The molecule has 0 aromatic heterocycles. The van der Waals surface area contributed by atoms with Crippen LogP contribution in [0.3, 0.4) is 0 Å². The van der Waals surface area contributed by atoms with E-state index in [1.165, 1.54) is 12.1 Å². The molecule has 0 spiro atoms. The van der Waals surface area contributed by atoms with Crippen molar-refractivity contribution >= 4 is 21.8 Å². The minimum atomic E-state index is -3.82. The number of alkyl carbamates (subject to hydrolysis) is 1. The fraction of sp³-hybridized carbons (Fsp3) is 0.562. The summed E-state index contributed by atoms with van der Waals surface area (Å²) < 4.78 is 32.2. The summed E-state index contributed by atoms with van der Waals surface area (Å²) in [5.41, 5.74) is -1.39. The molecule has 0 saturated heterocycles. The van der Waals surface area contributed by atoms with E-state index in [9.17, 15) is 23.3 Å². The molecular formula is C16H25N3O6S. The molecule has 0 bridgehead atoms.